The average molecular weight is 278 g/mol. The molecule has 0 saturated heterocycles. The zero-order chi connectivity index (χ0) is 15.0. The first-order chi connectivity index (χ1) is 9.58. The van der Waals surface area contributed by atoms with Gasteiger partial charge in [0.25, 0.3) is 0 Å². The fourth-order valence-corrected chi connectivity index (χ4v) is 1.98. The Kier molecular flexibility index (Phi) is 7.31. The van der Waals surface area contributed by atoms with Gasteiger partial charge >= 0.3 is 0 Å². The van der Waals surface area contributed by atoms with Crippen LogP contribution in [-0.4, -0.2) is 18.5 Å². The average Bonchev–Trinajstić information content (AvgIpc) is 2.40. The van der Waals surface area contributed by atoms with E-state index in [1.54, 1.807) is 0 Å². The number of carbonyl (C=O) groups excluding carboxylic acids is 1. The Balaban J connectivity index is 2.81. The molecular weight excluding hydrogens is 252 g/mol. The number of ketones is 1. The van der Waals surface area contributed by atoms with Crippen LogP contribution >= 0.6 is 0 Å². The van der Waals surface area contributed by atoms with Crippen molar-refractivity contribution in [3.8, 4) is 5.75 Å². The molecule has 1 aromatic rings. The van der Waals surface area contributed by atoms with Crippen molar-refractivity contribution in [1.29, 1.82) is 0 Å². The number of Topliss-reactive ketones (excluding diaryl/α,β-unsaturated/α-hetero) is 1. The third kappa shape index (κ3) is 5.33. The highest BCUT2D eigenvalue weighted by Gasteiger charge is 2.20. The Labute approximate surface area is 122 Å². The molecule has 3 nitrogen and oxygen atoms in total. The highest BCUT2D eigenvalue weighted by Crippen LogP contribution is 2.24. The first-order valence-corrected chi connectivity index (χ1v) is 7.49. The van der Waals surface area contributed by atoms with Gasteiger partial charge in [0.2, 0.25) is 0 Å². The third-order valence-corrected chi connectivity index (χ3v) is 2.83. The van der Waals surface area contributed by atoms with Crippen LogP contribution < -0.4 is 4.74 Å². The number of carbonyl (C=O) groups is 1. The summed E-state index contributed by atoms with van der Waals surface area (Å²) in [4.78, 5) is 12.2. The quantitative estimate of drug-likeness (QED) is 0.675. The third-order valence-electron chi connectivity index (χ3n) is 2.83. The minimum atomic E-state index is -0.442. The molecule has 1 atom stereocenters. The molecule has 1 unspecified atom stereocenters. The van der Waals surface area contributed by atoms with Crippen LogP contribution in [0.15, 0.2) is 24.3 Å². The lowest BCUT2D eigenvalue weighted by Gasteiger charge is -2.17. The summed E-state index contributed by atoms with van der Waals surface area (Å²) < 4.78 is 11.3. The molecule has 0 bridgehead atoms. The highest BCUT2D eigenvalue weighted by atomic mass is 16.5. The van der Waals surface area contributed by atoms with E-state index in [-0.39, 0.29) is 11.9 Å². The lowest BCUT2D eigenvalue weighted by atomic mass is 10.0. The van der Waals surface area contributed by atoms with Crippen LogP contribution in [0.4, 0.5) is 0 Å². The Morgan fingerprint density at radius 2 is 1.75 bits per heavy atom. The molecule has 0 spiro atoms. The molecule has 0 radical (unpaired) electrons. The Bertz CT molecular complexity index is 395. The minimum absolute atomic E-state index is 0.148. The van der Waals surface area contributed by atoms with Crippen LogP contribution in [0.5, 0.6) is 5.75 Å². The summed E-state index contributed by atoms with van der Waals surface area (Å²) in [6.07, 6.45) is 2.01. The number of hydrogen-bond donors (Lipinski definition) is 0. The Morgan fingerprint density at radius 1 is 1.10 bits per heavy atom. The van der Waals surface area contributed by atoms with E-state index in [0.717, 1.165) is 24.2 Å². The molecule has 0 fully saturated rings. The first-order valence-electron chi connectivity index (χ1n) is 7.49. The molecule has 112 valence electrons. The molecule has 0 aliphatic heterocycles. The first kappa shape index (κ1) is 16.7. The molecule has 0 N–H and O–H groups in total. The van der Waals surface area contributed by atoms with E-state index in [1.807, 2.05) is 52.0 Å². The van der Waals surface area contributed by atoms with Crippen LogP contribution in [0.25, 0.3) is 0 Å². The van der Waals surface area contributed by atoms with Crippen molar-refractivity contribution >= 4 is 5.78 Å². The molecule has 0 heterocycles. The van der Waals surface area contributed by atoms with Crippen molar-refractivity contribution in [2.24, 2.45) is 0 Å². The normalized spacial score (nSPS) is 12.4. The second-order valence-corrected chi connectivity index (χ2v) is 5.20. The number of ether oxygens (including phenoxy) is 2. The second kappa shape index (κ2) is 8.75. The van der Waals surface area contributed by atoms with Crippen LogP contribution in [0.2, 0.25) is 0 Å². The van der Waals surface area contributed by atoms with E-state index < -0.39 is 6.10 Å². The lowest BCUT2D eigenvalue weighted by Crippen LogP contribution is -2.16. The van der Waals surface area contributed by atoms with E-state index in [9.17, 15) is 4.79 Å². The van der Waals surface area contributed by atoms with Gasteiger partial charge in [-0.2, -0.15) is 0 Å². The van der Waals surface area contributed by atoms with Gasteiger partial charge in [0.15, 0.2) is 5.78 Å². The smallest absolute Gasteiger partial charge is 0.166 e. The minimum Gasteiger partial charge on any atom is -0.491 e. The van der Waals surface area contributed by atoms with Gasteiger partial charge in [-0.25, -0.2) is 0 Å². The molecule has 1 aromatic carbocycles. The lowest BCUT2D eigenvalue weighted by molar-refractivity contribution is -0.131. The topological polar surface area (TPSA) is 35.5 Å². The largest absolute Gasteiger partial charge is 0.491 e. The van der Waals surface area contributed by atoms with E-state index in [4.69, 9.17) is 9.47 Å². The van der Waals surface area contributed by atoms with Gasteiger partial charge < -0.3 is 9.47 Å². The van der Waals surface area contributed by atoms with Crippen LogP contribution in [0.3, 0.4) is 0 Å². The van der Waals surface area contributed by atoms with Gasteiger partial charge in [0.05, 0.1) is 6.10 Å². The standard InChI is InChI=1S/C17H26O3/c1-5-7-16(18)17(19-12-6-2)14-8-10-15(11-9-14)20-13(3)4/h8-11,13,17H,5-7,12H2,1-4H3. The summed E-state index contributed by atoms with van der Waals surface area (Å²) >= 11 is 0. The van der Waals surface area contributed by atoms with E-state index in [1.165, 1.54) is 0 Å². The van der Waals surface area contributed by atoms with Crippen LogP contribution in [0, 0.1) is 0 Å². The van der Waals surface area contributed by atoms with Crippen LogP contribution in [-0.2, 0) is 9.53 Å². The SMILES string of the molecule is CCCOC(C(=O)CCC)c1ccc(OC(C)C)cc1. The van der Waals surface area contributed by atoms with Crippen molar-refractivity contribution < 1.29 is 14.3 Å². The van der Waals surface area contributed by atoms with Gasteiger partial charge in [0.1, 0.15) is 11.9 Å². The maximum absolute atomic E-state index is 12.2. The zero-order valence-electron chi connectivity index (χ0n) is 13.0. The molecule has 0 saturated carbocycles. The van der Waals surface area contributed by atoms with Crippen molar-refractivity contribution in [1.82, 2.24) is 0 Å². The summed E-state index contributed by atoms with van der Waals surface area (Å²) in [5, 5.41) is 0. The molecule has 0 aliphatic carbocycles. The van der Waals surface area contributed by atoms with Gasteiger partial charge in [-0.15, -0.1) is 0 Å². The molecule has 0 aliphatic rings. The maximum Gasteiger partial charge on any atom is 0.166 e. The summed E-state index contributed by atoms with van der Waals surface area (Å²) in [6.45, 7) is 8.64. The zero-order valence-corrected chi connectivity index (χ0v) is 13.0. The van der Waals surface area contributed by atoms with Gasteiger partial charge in [-0.3, -0.25) is 4.79 Å². The second-order valence-electron chi connectivity index (χ2n) is 5.20. The predicted molar refractivity (Wildman–Crippen MR) is 81.1 cm³/mol. The predicted octanol–water partition coefficient (Wildman–Crippen LogP) is 4.31. The van der Waals surface area contributed by atoms with Gasteiger partial charge in [-0.05, 0) is 44.4 Å². The summed E-state index contributed by atoms with van der Waals surface area (Å²) in [6, 6.07) is 7.64. The number of hydrogen-bond acceptors (Lipinski definition) is 3. The fourth-order valence-electron chi connectivity index (χ4n) is 1.98. The monoisotopic (exact) mass is 278 g/mol. The van der Waals surface area contributed by atoms with E-state index >= 15 is 0 Å². The summed E-state index contributed by atoms with van der Waals surface area (Å²) in [5.74, 6) is 0.972. The van der Waals surface area contributed by atoms with Gasteiger partial charge in [0, 0.05) is 13.0 Å². The van der Waals surface area contributed by atoms with Crippen molar-refractivity contribution in [3.63, 3.8) is 0 Å². The van der Waals surface area contributed by atoms with Crippen molar-refractivity contribution in [3.05, 3.63) is 29.8 Å². The van der Waals surface area contributed by atoms with Crippen molar-refractivity contribution in [2.75, 3.05) is 6.61 Å². The highest BCUT2D eigenvalue weighted by molar-refractivity contribution is 5.84. The molecule has 20 heavy (non-hydrogen) atoms. The molecule has 0 aromatic heterocycles. The maximum atomic E-state index is 12.2. The summed E-state index contributed by atoms with van der Waals surface area (Å²) in [7, 11) is 0. The van der Waals surface area contributed by atoms with E-state index in [0.29, 0.717) is 13.0 Å². The molecule has 1 rings (SSSR count). The molecule has 3 heteroatoms. The number of rotatable bonds is 9. The van der Waals surface area contributed by atoms with Crippen LogP contribution in [0.1, 0.15) is 58.6 Å². The van der Waals surface area contributed by atoms with E-state index in [2.05, 4.69) is 0 Å². The van der Waals surface area contributed by atoms with Gasteiger partial charge in [-0.1, -0.05) is 26.0 Å². The summed E-state index contributed by atoms with van der Waals surface area (Å²) in [5.41, 5.74) is 0.910. The Hall–Kier alpha value is -1.35. The number of benzene rings is 1. The van der Waals surface area contributed by atoms with Crippen molar-refractivity contribution in [2.45, 2.75) is 59.2 Å². The fraction of sp³-hybridized carbons (Fsp3) is 0.588. The molecule has 0 amide bonds. The Morgan fingerprint density at radius 3 is 2.25 bits per heavy atom. The molecular formula is C17H26O3.